The number of carbonyl (C=O) groups excluding carboxylic acids is 1. The van der Waals surface area contributed by atoms with Crippen LogP contribution >= 0.6 is 39.9 Å². The number of phenols is 1. The fraction of sp³-hybridized carbons (Fsp3) is 0. The molecule has 0 bridgehead atoms. The topological polar surface area (TPSA) is 40.5 Å². The first-order valence-electron chi connectivity index (χ1n) is 6.37. The number of thiocarbonyl (C=S) groups is 1. The van der Waals surface area contributed by atoms with Crippen molar-refractivity contribution in [1.29, 1.82) is 0 Å². The summed E-state index contributed by atoms with van der Waals surface area (Å²) in [5, 5.41) is 9.35. The monoisotopic (exact) mass is 391 g/mol. The highest BCUT2D eigenvalue weighted by Gasteiger charge is 2.33. The minimum atomic E-state index is -0.152. The fourth-order valence-electron chi connectivity index (χ4n) is 2.04. The maximum Gasteiger partial charge on any atom is 0.270 e. The van der Waals surface area contributed by atoms with E-state index in [2.05, 4.69) is 15.9 Å². The molecule has 3 rings (SSSR count). The lowest BCUT2D eigenvalue weighted by Gasteiger charge is -2.14. The fourth-order valence-corrected chi connectivity index (χ4v) is 3.76. The molecule has 1 aliphatic heterocycles. The highest BCUT2D eigenvalue weighted by atomic mass is 79.9. The van der Waals surface area contributed by atoms with Crippen LogP contribution in [0.2, 0.25) is 0 Å². The molecule has 0 aromatic heterocycles. The highest BCUT2D eigenvalue weighted by molar-refractivity contribution is 9.10. The van der Waals surface area contributed by atoms with Crippen LogP contribution in [-0.4, -0.2) is 15.3 Å². The second-order valence-electron chi connectivity index (χ2n) is 4.59. The first-order chi connectivity index (χ1) is 10.5. The predicted octanol–water partition coefficient (Wildman–Crippen LogP) is 4.56. The number of rotatable bonds is 2. The molecule has 1 amide bonds. The van der Waals surface area contributed by atoms with E-state index in [0.29, 0.717) is 14.9 Å². The summed E-state index contributed by atoms with van der Waals surface area (Å²) in [6.45, 7) is 0. The van der Waals surface area contributed by atoms with Gasteiger partial charge in [-0.15, -0.1) is 0 Å². The van der Waals surface area contributed by atoms with E-state index >= 15 is 0 Å². The molecule has 3 nitrogen and oxygen atoms in total. The Morgan fingerprint density at radius 1 is 1.18 bits per heavy atom. The molecular formula is C16H10BrNO2S2. The van der Waals surface area contributed by atoms with Crippen molar-refractivity contribution in [1.82, 2.24) is 0 Å². The lowest BCUT2D eigenvalue weighted by molar-refractivity contribution is -0.113. The van der Waals surface area contributed by atoms with Crippen LogP contribution in [0, 0.1) is 0 Å². The van der Waals surface area contributed by atoms with Gasteiger partial charge in [-0.1, -0.05) is 52.0 Å². The molecule has 1 heterocycles. The highest BCUT2D eigenvalue weighted by Crippen LogP contribution is 2.36. The van der Waals surface area contributed by atoms with E-state index in [4.69, 9.17) is 12.2 Å². The molecule has 0 radical (unpaired) electrons. The van der Waals surface area contributed by atoms with Crippen LogP contribution < -0.4 is 4.90 Å². The van der Waals surface area contributed by atoms with E-state index in [0.717, 1.165) is 10.0 Å². The summed E-state index contributed by atoms with van der Waals surface area (Å²) in [6, 6.07) is 14.1. The average molecular weight is 392 g/mol. The molecule has 0 unspecified atom stereocenters. The number of carbonyl (C=O) groups is 1. The molecule has 1 fully saturated rings. The maximum atomic E-state index is 12.6. The van der Waals surface area contributed by atoms with Crippen LogP contribution in [0.1, 0.15) is 5.56 Å². The second-order valence-corrected chi connectivity index (χ2v) is 7.18. The summed E-state index contributed by atoms with van der Waals surface area (Å²) in [7, 11) is 0. The summed E-state index contributed by atoms with van der Waals surface area (Å²) >= 11 is 9.99. The summed E-state index contributed by atoms with van der Waals surface area (Å²) in [5.74, 6) is -0.000432. The smallest absolute Gasteiger partial charge is 0.270 e. The number of aromatic hydroxyl groups is 1. The Kier molecular flexibility index (Phi) is 4.33. The standard InChI is InChI=1S/C16H10BrNO2S2/c17-11-3-1-2-10(8-11)9-14-15(20)18(16(21)22-14)12-4-6-13(19)7-5-12/h1-9,19H/b14-9+. The van der Waals surface area contributed by atoms with Gasteiger partial charge >= 0.3 is 0 Å². The SMILES string of the molecule is O=C1/C(=C\c2cccc(Br)c2)SC(=S)N1c1ccc(O)cc1. The Balaban J connectivity index is 1.93. The van der Waals surface area contributed by atoms with Gasteiger partial charge in [-0.3, -0.25) is 9.69 Å². The molecule has 22 heavy (non-hydrogen) atoms. The van der Waals surface area contributed by atoms with Gasteiger partial charge in [-0.05, 0) is 48.0 Å². The summed E-state index contributed by atoms with van der Waals surface area (Å²) < 4.78 is 1.44. The van der Waals surface area contributed by atoms with Crippen molar-refractivity contribution < 1.29 is 9.90 Å². The number of hydrogen-bond donors (Lipinski definition) is 1. The summed E-state index contributed by atoms with van der Waals surface area (Å²) in [5.41, 5.74) is 1.58. The van der Waals surface area contributed by atoms with Crippen LogP contribution in [0.25, 0.3) is 6.08 Å². The van der Waals surface area contributed by atoms with Crippen molar-refractivity contribution in [2.75, 3.05) is 4.90 Å². The lowest BCUT2D eigenvalue weighted by Crippen LogP contribution is -2.27. The maximum absolute atomic E-state index is 12.6. The molecule has 0 spiro atoms. The Bertz CT molecular complexity index is 787. The molecular weight excluding hydrogens is 382 g/mol. The van der Waals surface area contributed by atoms with Crippen molar-refractivity contribution >= 4 is 61.9 Å². The van der Waals surface area contributed by atoms with E-state index in [-0.39, 0.29) is 11.7 Å². The number of halogens is 1. The summed E-state index contributed by atoms with van der Waals surface area (Å²) in [4.78, 5) is 14.6. The zero-order valence-corrected chi connectivity index (χ0v) is 14.4. The van der Waals surface area contributed by atoms with E-state index < -0.39 is 0 Å². The van der Waals surface area contributed by atoms with Gasteiger partial charge in [0.1, 0.15) is 5.75 Å². The normalized spacial score (nSPS) is 16.6. The number of benzene rings is 2. The third-order valence-electron chi connectivity index (χ3n) is 3.05. The molecule has 6 heteroatoms. The third-order valence-corrected chi connectivity index (χ3v) is 4.84. The molecule has 2 aromatic rings. The van der Waals surface area contributed by atoms with Crippen molar-refractivity contribution in [3.63, 3.8) is 0 Å². The van der Waals surface area contributed by atoms with Gasteiger partial charge in [-0.2, -0.15) is 0 Å². The molecule has 1 saturated heterocycles. The van der Waals surface area contributed by atoms with Crippen LogP contribution in [0.5, 0.6) is 5.75 Å². The minimum Gasteiger partial charge on any atom is -0.508 e. The zero-order valence-electron chi connectivity index (χ0n) is 11.2. The third kappa shape index (κ3) is 3.09. The average Bonchev–Trinajstić information content (AvgIpc) is 2.75. The number of nitrogens with zero attached hydrogens (tertiary/aromatic N) is 1. The van der Waals surface area contributed by atoms with Crippen molar-refractivity contribution in [2.24, 2.45) is 0 Å². The Morgan fingerprint density at radius 2 is 1.91 bits per heavy atom. The number of amides is 1. The Hall–Kier alpha value is -1.63. The van der Waals surface area contributed by atoms with Gasteiger partial charge < -0.3 is 5.11 Å². The van der Waals surface area contributed by atoms with Gasteiger partial charge in [0, 0.05) is 4.47 Å². The van der Waals surface area contributed by atoms with E-state index in [1.165, 1.54) is 28.8 Å². The molecule has 0 aliphatic carbocycles. The summed E-state index contributed by atoms with van der Waals surface area (Å²) in [6.07, 6.45) is 1.82. The van der Waals surface area contributed by atoms with Crippen LogP contribution in [0.15, 0.2) is 57.9 Å². The number of hydrogen-bond acceptors (Lipinski definition) is 4. The molecule has 110 valence electrons. The van der Waals surface area contributed by atoms with Gasteiger partial charge in [-0.25, -0.2) is 0 Å². The van der Waals surface area contributed by atoms with Gasteiger partial charge in [0.2, 0.25) is 0 Å². The van der Waals surface area contributed by atoms with Gasteiger partial charge in [0.05, 0.1) is 10.6 Å². The number of phenolic OH excluding ortho intramolecular Hbond substituents is 1. The van der Waals surface area contributed by atoms with E-state index in [1.54, 1.807) is 12.1 Å². The van der Waals surface area contributed by atoms with E-state index in [9.17, 15) is 9.90 Å². The molecule has 0 atom stereocenters. The van der Waals surface area contributed by atoms with Crippen LogP contribution in [0.3, 0.4) is 0 Å². The van der Waals surface area contributed by atoms with Crippen molar-refractivity contribution in [3.8, 4) is 5.75 Å². The van der Waals surface area contributed by atoms with Crippen molar-refractivity contribution in [2.45, 2.75) is 0 Å². The number of anilines is 1. The largest absolute Gasteiger partial charge is 0.508 e. The first kappa shape index (κ1) is 15.3. The van der Waals surface area contributed by atoms with Crippen molar-refractivity contribution in [3.05, 3.63) is 63.5 Å². The molecule has 1 aliphatic rings. The Morgan fingerprint density at radius 3 is 2.59 bits per heavy atom. The Labute approximate surface area is 145 Å². The zero-order chi connectivity index (χ0) is 15.7. The van der Waals surface area contributed by atoms with Gasteiger partial charge in [0.25, 0.3) is 5.91 Å². The van der Waals surface area contributed by atoms with Gasteiger partial charge in [0.15, 0.2) is 4.32 Å². The minimum absolute atomic E-state index is 0.152. The lowest BCUT2D eigenvalue weighted by atomic mass is 10.2. The van der Waals surface area contributed by atoms with E-state index in [1.807, 2.05) is 30.3 Å². The molecule has 0 saturated carbocycles. The van der Waals surface area contributed by atoms with Crippen LogP contribution in [0.4, 0.5) is 5.69 Å². The molecule has 2 aromatic carbocycles. The van der Waals surface area contributed by atoms with Crippen LogP contribution in [-0.2, 0) is 4.79 Å². The first-order valence-corrected chi connectivity index (χ1v) is 8.39. The quantitative estimate of drug-likeness (QED) is 0.601. The predicted molar refractivity (Wildman–Crippen MR) is 97.9 cm³/mol. The molecule has 1 N–H and O–H groups in total. The number of thioether (sulfide) groups is 1. The second kappa shape index (κ2) is 6.24.